The number of nitrogen functional groups attached to an aromatic ring is 1. The quantitative estimate of drug-likeness (QED) is 0.719. The largest absolute Gasteiger partial charge is 0.381 e. The molecule has 3 N–H and O–H groups in total. The van der Waals surface area contributed by atoms with Crippen molar-refractivity contribution in [3.8, 4) is 0 Å². The van der Waals surface area contributed by atoms with Crippen molar-refractivity contribution < 1.29 is 12.8 Å². The van der Waals surface area contributed by atoms with Crippen LogP contribution in [0.25, 0.3) is 4.96 Å². The van der Waals surface area contributed by atoms with E-state index in [4.69, 9.17) is 5.73 Å². The first kappa shape index (κ1) is 14.3. The summed E-state index contributed by atoms with van der Waals surface area (Å²) in [7, 11) is -4.06. The molecule has 10 heteroatoms. The van der Waals surface area contributed by atoms with Crippen LogP contribution in [-0.2, 0) is 10.0 Å². The van der Waals surface area contributed by atoms with Gasteiger partial charge in [-0.3, -0.25) is 9.12 Å². The van der Waals surface area contributed by atoms with E-state index in [9.17, 15) is 12.8 Å². The van der Waals surface area contributed by atoms with Crippen molar-refractivity contribution in [1.82, 2.24) is 9.38 Å². The lowest BCUT2D eigenvalue weighted by atomic mass is 10.3. The van der Waals surface area contributed by atoms with Crippen LogP contribution in [0, 0.1) is 5.82 Å². The van der Waals surface area contributed by atoms with Crippen LogP contribution in [0.4, 0.5) is 15.9 Å². The summed E-state index contributed by atoms with van der Waals surface area (Å²) >= 11 is 4.35. The minimum absolute atomic E-state index is 0.133. The Morgan fingerprint density at radius 3 is 2.90 bits per heavy atom. The Balaban J connectivity index is 2.08. The van der Waals surface area contributed by atoms with Crippen molar-refractivity contribution in [3.63, 3.8) is 0 Å². The smallest absolute Gasteiger partial charge is 0.281 e. The second kappa shape index (κ2) is 4.97. The summed E-state index contributed by atoms with van der Waals surface area (Å²) in [4.78, 5) is 4.40. The first-order valence-corrected chi connectivity index (χ1v) is 8.73. The normalized spacial score (nSPS) is 11.9. The number of imidazole rings is 1. The summed E-state index contributed by atoms with van der Waals surface area (Å²) in [5, 5.41) is 1.47. The van der Waals surface area contributed by atoms with Crippen molar-refractivity contribution in [3.05, 3.63) is 40.1 Å². The second-order valence-corrected chi connectivity index (χ2v) is 7.47. The minimum atomic E-state index is -4.06. The van der Waals surface area contributed by atoms with Gasteiger partial charge in [0.05, 0.1) is 5.69 Å². The maximum Gasteiger partial charge on any atom is 0.281 e. The fraction of sp³-hybridized carbons (Fsp3) is 0. The molecule has 3 rings (SSSR count). The Morgan fingerprint density at radius 2 is 2.19 bits per heavy atom. The molecule has 2 aromatic heterocycles. The summed E-state index contributed by atoms with van der Waals surface area (Å²) in [5.41, 5.74) is 5.49. The third kappa shape index (κ3) is 2.49. The zero-order valence-electron chi connectivity index (χ0n) is 10.2. The van der Waals surface area contributed by atoms with Crippen LogP contribution in [-0.4, -0.2) is 17.8 Å². The number of hydrogen-bond donors (Lipinski definition) is 2. The van der Waals surface area contributed by atoms with Gasteiger partial charge in [0.25, 0.3) is 10.0 Å². The zero-order valence-corrected chi connectivity index (χ0v) is 13.5. The van der Waals surface area contributed by atoms with Crippen molar-refractivity contribution in [2.75, 3.05) is 10.5 Å². The Morgan fingerprint density at radius 1 is 1.43 bits per heavy atom. The number of halogens is 2. The van der Waals surface area contributed by atoms with E-state index in [-0.39, 0.29) is 16.5 Å². The molecule has 0 fully saturated rings. The number of fused-ring (bicyclic) bond motifs is 1. The molecule has 2 heterocycles. The number of benzene rings is 1. The van der Waals surface area contributed by atoms with E-state index in [1.807, 2.05) is 0 Å². The summed E-state index contributed by atoms with van der Waals surface area (Å²) in [6, 6.07) is 4.01. The van der Waals surface area contributed by atoms with Gasteiger partial charge in [-0.15, -0.1) is 11.3 Å². The Labute approximate surface area is 131 Å². The molecule has 0 aliphatic rings. The molecule has 0 atom stereocenters. The highest BCUT2D eigenvalue weighted by molar-refractivity contribution is 9.10. The van der Waals surface area contributed by atoms with Crippen molar-refractivity contribution in [2.24, 2.45) is 0 Å². The number of hydrogen-bond acceptors (Lipinski definition) is 5. The van der Waals surface area contributed by atoms with E-state index in [1.54, 1.807) is 5.38 Å². The molecular weight excluding hydrogens is 383 g/mol. The number of thiazole rings is 1. The van der Waals surface area contributed by atoms with Gasteiger partial charge >= 0.3 is 0 Å². The molecule has 0 saturated carbocycles. The fourth-order valence-corrected chi connectivity index (χ4v) is 4.21. The molecular formula is C11H8BrFN4O2S2. The lowest BCUT2D eigenvalue weighted by Gasteiger charge is -2.09. The van der Waals surface area contributed by atoms with Crippen molar-refractivity contribution in [2.45, 2.75) is 5.03 Å². The van der Waals surface area contributed by atoms with Gasteiger partial charge in [0.2, 0.25) is 5.03 Å². The Bertz CT molecular complexity index is 935. The first-order chi connectivity index (χ1) is 9.88. The molecule has 0 aliphatic carbocycles. The maximum atomic E-state index is 13.8. The number of aromatic nitrogens is 2. The monoisotopic (exact) mass is 390 g/mol. The van der Waals surface area contributed by atoms with Crippen LogP contribution in [0.2, 0.25) is 0 Å². The van der Waals surface area contributed by atoms with Crippen LogP contribution in [0.3, 0.4) is 0 Å². The van der Waals surface area contributed by atoms with Crippen molar-refractivity contribution in [1.29, 1.82) is 0 Å². The van der Waals surface area contributed by atoms with Gasteiger partial charge in [0.1, 0.15) is 5.82 Å². The van der Waals surface area contributed by atoms with E-state index in [0.29, 0.717) is 9.43 Å². The Kier molecular flexibility index (Phi) is 3.38. The second-order valence-electron chi connectivity index (χ2n) is 4.09. The topological polar surface area (TPSA) is 89.5 Å². The summed E-state index contributed by atoms with van der Waals surface area (Å²) < 4.78 is 42.6. The van der Waals surface area contributed by atoms with E-state index in [0.717, 1.165) is 6.07 Å². The predicted molar refractivity (Wildman–Crippen MR) is 82.4 cm³/mol. The van der Waals surface area contributed by atoms with Crippen LogP contribution in [0.1, 0.15) is 0 Å². The number of nitrogens with one attached hydrogen (secondary N) is 1. The van der Waals surface area contributed by atoms with Crippen LogP contribution in [0.5, 0.6) is 0 Å². The van der Waals surface area contributed by atoms with Gasteiger partial charge < -0.3 is 5.73 Å². The lowest BCUT2D eigenvalue weighted by Crippen LogP contribution is -2.17. The highest BCUT2D eigenvalue weighted by Crippen LogP contribution is 2.27. The molecule has 6 nitrogen and oxygen atoms in total. The van der Waals surface area contributed by atoms with Gasteiger partial charge in [-0.05, 0) is 18.2 Å². The molecule has 0 radical (unpaired) electrons. The predicted octanol–water partition coefficient (Wildman–Crippen LogP) is 2.68. The number of sulfonamides is 1. The highest BCUT2D eigenvalue weighted by Gasteiger charge is 2.25. The van der Waals surface area contributed by atoms with Gasteiger partial charge in [0.15, 0.2) is 10.8 Å². The standard InChI is InChI=1S/C11H8BrFN4O2S2/c12-6-1-2-8(7(13)5-6)16-21(18,19)10-9(14)15-11-17(10)3-4-20-11/h1-5,16H,14H2. The van der Waals surface area contributed by atoms with Crippen molar-refractivity contribution >= 4 is 53.8 Å². The summed E-state index contributed by atoms with van der Waals surface area (Å²) in [6.45, 7) is 0. The van der Waals surface area contributed by atoms with Gasteiger partial charge in [0, 0.05) is 16.0 Å². The number of anilines is 2. The molecule has 0 aliphatic heterocycles. The Hall–Kier alpha value is -1.65. The minimum Gasteiger partial charge on any atom is -0.381 e. The third-order valence-corrected chi connectivity index (χ3v) is 5.33. The fourth-order valence-electron chi connectivity index (χ4n) is 1.81. The molecule has 0 spiro atoms. The average molecular weight is 391 g/mol. The summed E-state index contributed by atoms with van der Waals surface area (Å²) in [6.07, 6.45) is 1.54. The van der Waals surface area contributed by atoms with Gasteiger partial charge in [-0.2, -0.15) is 8.42 Å². The molecule has 0 amide bonds. The van der Waals surface area contributed by atoms with E-state index >= 15 is 0 Å². The van der Waals surface area contributed by atoms with E-state index in [2.05, 4.69) is 25.6 Å². The molecule has 21 heavy (non-hydrogen) atoms. The number of rotatable bonds is 3. The first-order valence-electron chi connectivity index (χ1n) is 5.57. The molecule has 3 aromatic rings. The highest BCUT2D eigenvalue weighted by atomic mass is 79.9. The zero-order chi connectivity index (χ0) is 15.2. The molecule has 0 unspecified atom stereocenters. The molecule has 0 bridgehead atoms. The average Bonchev–Trinajstić information content (AvgIpc) is 2.91. The SMILES string of the molecule is Nc1nc2sccn2c1S(=O)(=O)Nc1ccc(Br)cc1F. The maximum absolute atomic E-state index is 13.8. The van der Waals surface area contributed by atoms with Crippen LogP contribution < -0.4 is 10.5 Å². The van der Waals surface area contributed by atoms with Gasteiger partial charge in [-0.1, -0.05) is 15.9 Å². The molecule has 1 aromatic carbocycles. The van der Waals surface area contributed by atoms with Crippen LogP contribution >= 0.6 is 27.3 Å². The molecule has 0 saturated heterocycles. The van der Waals surface area contributed by atoms with Crippen LogP contribution in [0.15, 0.2) is 39.3 Å². The van der Waals surface area contributed by atoms with E-state index < -0.39 is 15.8 Å². The third-order valence-electron chi connectivity index (χ3n) is 2.67. The number of nitrogens with two attached hydrogens (primary N) is 1. The lowest BCUT2D eigenvalue weighted by molar-refractivity contribution is 0.594. The van der Waals surface area contributed by atoms with Gasteiger partial charge in [-0.25, -0.2) is 9.37 Å². The summed E-state index contributed by atoms with van der Waals surface area (Å²) in [5.74, 6) is -0.829. The van der Waals surface area contributed by atoms with E-state index in [1.165, 1.54) is 34.1 Å². The molecule has 110 valence electrons. The number of nitrogens with zero attached hydrogens (tertiary/aromatic N) is 2.